The van der Waals surface area contributed by atoms with E-state index in [1.165, 1.54) is 6.33 Å². The molecule has 1 aromatic heterocycles. The molecule has 0 bridgehead atoms. The number of benzene rings is 1. The number of rotatable bonds is 4. The van der Waals surface area contributed by atoms with Crippen LogP contribution in [0.4, 0.5) is 17.3 Å². The first kappa shape index (κ1) is 15.4. The number of carbonyl (C=O) groups excluding carboxylic acids is 1. The summed E-state index contributed by atoms with van der Waals surface area (Å²) in [6.45, 7) is 1.86. The number of nitrogens with zero attached hydrogens (tertiary/aromatic N) is 3. The first-order chi connectivity index (χ1) is 11.1. The fourth-order valence-electron chi connectivity index (χ4n) is 2.46. The van der Waals surface area contributed by atoms with E-state index in [2.05, 4.69) is 25.7 Å². The maximum absolute atomic E-state index is 12.1. The van der Waals surface area contributed by atoms with Gasteiger partial charge in [0.1, 0.15) is 12.0 Å². The maximum Gasteiger partial charge on any atom is 0.269 e. The van der Waals surface area contributed by atoms with Gasteiger partial charge in [-0.3, -0.25) is 15.6 Å². The van der Waals surface area contributed by atoms with Crippen molar-refractivity contribution in [3.05, 3.63) is 41.2 Å². The van der Waals surface area contributed by atoms with Gasteiger partial charge in [0.15, 0.2) is 11.6 Å². The van der Waals surface area contributed by atoms with Crippen LogP contribution in [0.5, 0.6) is 0 Å². The molecule has 1 aromatic carbocycles. The number of aromatic nitrogens is 2. The molecule has 0 aliphatic carbocycles. The number of nitrogens with two attached hydrogens (primary N) is 1. The van der Waals surface area contributed by atoms with Crippen molar-refractivity contribution in [3.63, 3.8) is 0 Å². The number of anilines is 3. The van der Waals surface area contributed by atoms with E-state index in [0.717, 1.165) is 25.9 Å². The molecule has 23 heavy (non-hydrogen) atoms. The van der Waals surface area contributed by atoms with E-state index in [-0.39, 0.29) is 5.91 Å². The van der Waals surface area contributed by atoms with Crippen LogP contribution in [-0.2, 0) is 0 Å². The molecule has 1 aliphatic rings. The third-order valence-electron chi connectivity index (χ3n) is 3.67. The van der Waals surface area contributed by atoms with Crippen LogP contribution < -0.4 is 21.5 Å². The summed E-state index contributed by atoms with van der Waals surface area (Å²) in [5, 5.41) is 0.574. The summed E-state index contributed by atoms with van der Waals surface area (Å²) in [5.41, 5.74) is 12.3. The highest BCUT2D eigenvalue weighted by Gasteiger charge is 2.18. The van der Waals surface area contributed by atoms with E-state index in [0.29, 0.717) is 27.9 Å². The Morgan fingerprint density at radius 2 is 1.87 bits per heavy atom. The van der Waals surface area contributed by atoms with Crippen LogP contribution in [0.1, 0.15) is 23.2 Å². The Hall–Kier alpha value is -2.54. The monoisotopic (exact) mass is 332 g/mol. The van der Waals surface area contributed by atoms with Gasteiger partial charge in [-0.1, -0.05) is 11.6 Å². The molecule has 1 aliphatic heterocycles. The van der Waals surface area contributed by atoms with Gasteiger partial charge in [-0.05, 0) is 37.1 Å². The molecule has 7 nitrogen and oxygen atoms in total. The second kappa shape index (κ2) is 6.70. The Balaban J connectivity index is 1.69. The SMILES string of the molecule is Nc1c(NNC(=O)c2ccc(Cl)cc2)ncnc1N1CCCC1. The van der Waals surface area contributed by atoms with Crippen molar-refractivity contribution in [2.75, 3.05) is 29.1 Å². The van der Waals surface area contributed by atoms with Gasteiger partial charge in [0, 0.05) is 23.7 Å². The lowest BCUT2D eigenvalue weighted by atomic mass is 10.2. The molecule has 0 radical (unpaired) electrons. The van der Waals surface area contributed by atoms with E-state index < -0.39 is 0 Å². The van der Waals surface area contributed by atoms with E-state index in [1.807, 2.05) is 0 Å². The minimum atomic E-state index is -0.303. The molecule has 2 aromatic rings. The van der Waals surface area contributed by atoms with Crippen LogP contribution in [0.2, 0.25) is 5.02 Å². The first-order valence-electron chi connectivity index (χ1n) is 7.32. The largest absolute Gasteiger partial charge is 0.393 e. The average Bonchev–Trinajstić information content (AvgIpc) is 3.08. The predicted octanol–water partition coefficient (Wildman–Crippen LogP) is 2.07. The van der Waals surface area contributed by atoms with Crippen molar-refractivity contribution >= 4 is 34.8 Å². The lowest BCUT2D eigenvalue weighted by Crippen LogP contribution is -2.31. The van der Waals surface area contributed by atoms with Crippen molar-refractivity contribution in [2.24, 2.45) is 0 Å². The number of nitrogen functional groups attached to an aromatic ring is 1. The number of hydrazine groups is 1. The van der Waals surface area contributed by atoms with Crippen molar-refractivity contribution in [3.8, 4) is 0 Å². The van der Waals surface area contributed by atoms with Crippen molar-refractivity contribution in [1.29, 1.82) is 0 Å². The average molecular weight is 333 g/mol. The van der Waals surface area contributed by atoms with Crippen LogP contribution in [0.3, 0.4) is 0 Å². The van der Waals surface area contributed by atoms with Gasteiger partial charge in [-0.2, -0.15) is 0 Å². The number of hydrogen-bond acceptors (Lipinski definition) is 6. The molecule has 0 saturated carbocycles. The van der Waals surface area contributed by atoms with Gasteiger partial charge in [-0.25, -0.2) is 9.97 Å². The number of nitrogens with one attached hydrogen (secondary N) is 2. The smallest absolute Gasteiger partial charge is 0.269 e. The topological polar surface area (TPSA) is 96.2 Å². The molecule has 3 rings (SSSR count). The summed E-state index contributed by atoms with van der Waals surface area (Å²) in [6.07, 6.45) is 3.68. The predicted molar refractivity (Wildman–Crippen MR) is 90.4 cm³/mol. The quantitative estimate of drug-likeness (QED) is 0.742. The lowest BCUT2D eigenvalue weighted by Gasteiger charge is -2.19. The third-order valence-corrected chi connectivity index (χ3v) is 3.92. The van der Waals surface area contributed by atoms with Gasteiger partial charge < -0.3 is 10.6 Å². The number of halogens is 1. The highest BCUT2D eigenvalue weighted by molar-refractivity contribution is 6.30. The molecular weight excluding hydrogens is 316 g/mol. The van der Waals surface area contributed by atoms with Crippen molar-refractivity contribution in [2.45, 2.75) is 12.8 Å². The zero-order chi connectivity index (χ0) is 16.2. The number of hydrogen-bond donors (Lipinski definition) is 3. The summed E-state index contributed by atoms with van der Waals surface area (Å²) in [6, 6.07) is 6.58. The molecule has 0 unspecified atom stereocenters. The maximum atomic E-state index is 12.1. The normalized spacial score (nSPS) is 13.9. The van der Waals surface area contributed by atoms with Crippen molar-refractivity contribution in [1.82, 2.24) is 15.4 Å². The Bertz CT molecular complexity index is 700. The van der Waals surface area contributed by atoms with E-state index in [1.54, 1.807) is 24.3 Å². The van der Waals surface area contributed by atoms with Crippen molar-refractivity contribution < 1.29 is 4.79 Å². The zero-order valence-electron chi connectivity index (χ0n) is 12.4. The molecule has 4 N–H and O–H groups in total. The van der Waals surface area contributed by atoms with Crippen LogP contribution in [0.15, 0.2) is 30.6 Å². The molecule has 2 heterocycles. The number of carbonyl (C=O) groups is 1. The highest BCUT2D eigenvalue weighted by atomic mass is 35.5. The molecule has 1 saturated heterocycles. The van der Waals surface area contributed by atoms with Gasteiger partial charge in [0.25, 0.3) is 5.91 Å². The van der Waals surface area contributed by atoms with Crippen LogP contribution in [0, 0.1) is 0 Å². The van der Waals surface area contributed by atoms with Gasteiger partial charge in [0.05, 0.1) is 0 Å². The molecule has 120 valence electrons. The molecular formula is C15H17ClN6O. The summed E-state index contributed by atoms with van der Waals surface area (Å²) in [5.74, 6) is 0.771. The molecule has 0 atom stereocenters. The Labute approximate surface area is 138 Å². The van der Waals surface area contributed by atoms with Gasteiger partial charge in [-0.15, -0.1) is 0 Å². The second-order valence-electron chi connectivity index (χ2n) is 5.24. The van der Waals surface area contributed by atoms with E-state index in [4.69, 9.17) is 17.3 Å². The Kier molecular flexibility index (Phi) is 4.47. The van der Waals surface area contributed by atoms with Crippen LogP contribution in [-0.4, -0.2) is 29.0 Å². The second-order valence-corrected chi connectivity index (χ2v) is 5.68. The van der Waals surface area contributed by atoms with Crippen LogP contribution in [0.25, 0.3) is 0 Å². The van der Waals surface area contributed by atoms with Gasteiger partial charge >= 0.3 is 0 Å². The molecule has 0 spiro atoms. The van der Waals surface area contributed by atoms with E-state index >= 15 is 0 Å². The van der Waals surface area contributed by atoms with Crippen LogP contribution >= 0.6 is 11.6 Å². The zero-order valence-corrected chi connectivity index (χ0v) is 13.2. The van der Waals surface area contributed by atoms with E-state index in [9.17, 15) is 4.79 Å². The summed E-state index contributed by atoms with van der Waals surface area (Å²) < 4.78 is 0. The summed E-state index contributed by atoms with van der Waals surface area (Å²) in [4.78, 5) is 22.5. The molecule has 1 amide bonds. The minimum Gasteiger partial charge on any atom is -0.393 e. The number of amides is 1. The minimum absolute atomic E-state index is 0.303. The lowest BCUT2D eigenvalue weighted by molar-refractivity contribution is 0.0962. The first-order valence-corrected chi connectivity index (χ1v) is 7.70. The highest BCUT2D eigenvalue weighted by Crippen LogP contribution is 2.28. The standard InChI is InChI=1S/C15H17ClN6O/c16-11-5-3-10(4-6-11)15(23)21-20-13-12(17)14(19-9-18-13)22-7-1-2-8-22/h3-6,9H,1-2,7-8,17H2,(H,21,23)(H,18,19,20). The Morgan fingerprint density at radius 3 is 2.57 bits per heavy atom. The third kappa shape index (κ3) is 3.45. The van der Waals surface area contributed by atoms with Gasteiger partial charge in [0.2, 0.25) is 0 Å². The fourth-order valence-corrected chi connectivity index (χ4v) is 2.58. The molecule has 8 heteroatoms. The Morgan fingerprint density at radius 1 is 1.17 bits per heavy atom. The molecule has 1 fully saturated rings. The summed E-state index contributed by atoms with van der Waals surface area (Å²) >= 11 is 5.80. The fraction of sp³-hybridized carbons (Fsp3) is 0.267. The summed E-state index contributed by atoms with van der Waals surface area (Å²) in [7, 11) is 0.